The summed E-state index contributed by atoms with van der Waals surface area (Å²) in [6.45, 7) is 1.57. The van der Waals surface area contributed by atoms with Gasteiger partial charge in [-0.3, -0.25) is 0 Å². The Balaban J connectivity index is 1.90. The molecule has 0 unspecified atom stereocenters. The maximum Gasteiger partial charge on any atom is 0.233 e. The molecule has 4 nitrogen and oxygen atoms in total. The summed E-state index contributed by atoms with van der Waals surface area (Å²) in [5.41, 5.74) is 0. The molecular formula is C9H12N2O2. The van der Waals surface area contributed by atoms with E-state index in [1.807, 2.05) is 12.1 Å². The first kappa shape index (κ1) is 8.44. The van der Waals surface area contributed by atoms with Gasteiger partial charge in [-0.2, -0.15) is 5.10 Å². The lowest BCUT2D eigenvalue weighted by atomic mass is 10.2. The molecule has 0 bridgehead atoms. The van der Waals surface area contributed by atoms with Gasteiger partial charge in [0.15, 0.2) is 0 Å². The van der Waals surface area contributed by atoms with Crippen LogP contribution in [0.25, 0.3) is 0 Å². The standard InChI is InChI=1S/C9H12N2O2/c1-2-9(11-10-5-1)13-8-3-6-12-7-4-8/h1-2,5,8H,3-4,6-7H2. The summed E-state index contributed by atoms with van der Waals surface area (Å²) in [5.74, 6) is 0.606. The highest BCUT2D eigenvalue weighted by molar-refractivity contribution is 5.05. The van der Waals surface area contributed by atoms with Gasteiger partial charge in [0.25, 0.3) is 0 Å². The third-order valence-electron chi connectivity index (χ3n) is 2.00. The van der Waals surface area contributed by atoms with Crippen molar-refractivity contribution in [3.05, 3.63) is 18.3 Å². The average Bonchev–Trinajstić information content (AvgIpc) is 2.21. The highest BCUT2D eigenvalue weighted by Crippen LogP contribution is 2.13. The van der Waals surface area contributed by atoms with Gasteiger partial charge in [0, 0.05) is 25.1 Å². The van der Waals surface area contributed by atoms with Crippen LogP contribution in [0.15, 0.2) is 18.3 Å². The van der Waals surface area contributed by atoms with Gasteiger partial charge in [0.2, 0.25) is 5.88 Å². The Morgan fingerprint density at radius 3 is 2.92 bits per heavy atom. The Hall–Kier alpha value is -1.16. The van der Waals surface area contributed by atoms with Gasteiger partial charge in [0.1, 0.15) is 6.10 Å². The minimum atomic E-state index is 0.241. The fraction of sp³-hybridized carbons (Fsp3) is 0.556. The van der Waals surface area contributed by atoms with Gasteiger partial charge >= 0.3 is 0 Å². The van der Waals surface area contributed by atoms with Gasteiger partial charge in [-0.25, -0.2) is 0 Å². The number of hydrogen-bond acceptors (Lipinski definition) is 4. The van der Waals surface area contributed by atoms with Crippen LogP contribution in [0.2, 0.25) is 0 Å². The van der Waals surface area contributed by atoms with E-state index < -0.39 is 0 Å². The molecule has 0 saturated carbocycles. The van der Waals surface area contributed by atoms with Crippen LogP contribution in [-0.2, 0) is 4.74 Å². The molecule has 1 fully saturated rings. The molecule has 13 heavy (non-hydrogen) atoms. The van der Waals surface area contributed by atoms with Crippen molar-refractivity contribution in [1.82, 2.24) is 10.2 Å². The van der Waals surface area contributed by atoms with E-state index in [2.05, 4.69) is 10.2 Å². The zero-order chi connectivity index (χ0) is 8.93. The Labute approximate surface area is 76.9 Å². The van der Waals surface area contributed by atoms with Crippen LogP contribution in [0.1, 0.15) is 12.8 Å². The van der Waals surface area contributed by atoms with E-state index in [0.717, 1.165) is 26.1 Å². The molecule has 0 spiro atoms. The Morgan fingerprint density at radius 1 is 1.38 bits per heavy atom. The molecule has 0 amide bonds. The van der Waals surface area contributed by atoms with Gasteiger partial charge in [-0.15, -0.1) is 5.10 Å². The molecule has 0 aliphatic carbocycles. The van der Waals surface area contributed by atoms with Crippen LogP contribution < -0.4 is 4.74 Å². The molecule has 0 aromatic carbocycles. The maximum atomic E-state index is 5.60. The zero-order valence-electron chi connectivity index (χ0n) is 7.35. The molecule has 0 radical (unpaired) electrons. The SMILES string of the molecule is c1cnnc(OC2CCOCC2)c1. The molecule has 1 aromatic rings. The van der Waals surface area contributed by atoms with Crippen LogP contribution in [0.4, 0.5) is 0 Å². The van der Waals surface area contributed by atoms with Crippen molar-refractivity contribution in [3.63, 3.8) is 0 Å². The first-order valence-electron chi connectivity index (χ1n) is 4.47. The van der Waals surface area contributed by atoms with Gasteiger partial charge < -0.3 is 9.47 Å². The Kier molecular flexibility index (Phi) is 2.72. The molecule has 2 rings (SSSR count). The summed E-state index contributed by atoms with van der Waals surface area (Å²) in [4.78, 5) is 0. The summed E-state index contributed by atoms with van der Waals surface area (Å²) in [5, 5.41) is 7.60. The van der Waals surface area contributed by atoms with Gasteiger partial charge in [-0.1, -0.05) is 0 Å². The molecule has 4 heteroatoms. The zero-order valence-corrected chi connectivity index (χ0v) is 7.35. The number of hydrogen-bond donors (Lipinski definition) is 0. The minimum absolute atomic E-state index is 0.241. The van der Waals surface area contributed by atoms with Crippen LogP contribution in [0.3, 0.4) is 0 Å². The second kappa shape index (κ2) is 4.18. The molecule has 0 N–H and O–H groups in total. The van der Waals surface area contributed by atoms with E-state index in [4.69, 9.17) is 9.47 Å². The molecule has 1 aliphatic rings. The number of rotatable bonds is 2. The Morgan fingerprint density at radius 2 is 2.23 bits per heavy atom. The van der Waals surface area contributed by atoms with E-state index in [1.54, 1.807) is 6.20 Å². The number of aromatic nitrogens is 2. The fourth-order valence-electron chi connectivity index (χ4n) is 1.31. The average molecular weight is 180 g/mol. The quantitative estimate of drug-likeness (QED) is 0.682. The number of nitrogens with zero attached hydrogens (tertiary/aromatic N) is 2. The van der Waals surface area contributed by atoms with Crippen LogP contribution in [0.5, 0.6) is 5.88 Å². The lowest BCUT2D eigenvalue weighted by Crippen LogP contribution is -2.26. The molecule has 70 valence electrons. The van der Waals surface area contributed by atoms with E-state index in [0.29, 0.717) is 5.88 Å². The van der Waals surface area contributed by atoms with Crippen molar-refractivity contribution in [2.75, 3.05) is 13.2 Å². The second-order valence-corrected chi connectivity index (χ2v) is 2.99. The topological polar surface area (TPSA) is 44.2 Å². The van der Waals surface area contributed by atoms with Gasteiger partial charge in [-0.05, 0) is 6.07 Å². The lowest BCUT2D eigenvalue weighted by molar-refractivity contribution is 0.0233. The largest absolute Gasteiger partial charge is 0.473 e. The second-order valence-electron chi connectivity index (χ2n) is 2.99. The summed E-state index contributed by atoms with van der Waals surface area (Å²) < 4.78 is 10.8. The smallest absolute Gasteiger partial charge is 0.233 e. The van der Waals surface area contributed by atoms with E-state index in [-0.39, 0.29) is 6.10 Å². The molecule has 1 saturated heterocycles. The normalized spacial score (nSPS) is 18.5. The highest BCUT2D eigenvalue weighted by atomic mass is 16.5. The molecule has 2 heterocycles. The fourth-order valence-corrected chi connectivity index (χ4v) is 1.31. The maximum absolute atomic E-state index is 5.60. The minimum Gasteiger partial charge on any atom is -0.473 e. The molecular weight excluding hydrogens is 168 g/mol. The lowest BCUT2D eigenvalue weighted by Gasteiger charge is -2.22. The van der Waals surface area contributed by atoms with Crippen molar-refractivity contribution in [2.24, 2.45) is 0 Å². The Bertz CT molecular complexity index is 247. The third kappa shape index (κ3) is 2.39. The van der Waals surface area contributed by atoms with Crippen molar-refractivity contribution in [1.29, 1.82) is 0 Å². The van der Waals surface area contributed by atoms with Crippen LogP contribution >= 0.6 is 0 Å². The van der Waals surface area contributed by atoms with E-state index in [1.165, 1.54) is 0 Å². The van der Waals surface area contributed by atoms with Crippen molar-refractivity contribution >= 4 is 0 Å². The summed E-state index contributed by atoms with van der Waals surface area (Å²) in [7, 11) is 0. The predicted molar refractivity (Wildman–Crippen MR) is 46.5 cm³/mol. The molecule has 1 aliphatic heterocycles. The molecule has 0 atom stereocenters. The van der Waals surface area contributed by atoms with Crippen LogP contribution in [0, 0.1) is 0 Å². The molecule has 1 aromatic heterocycles. The summed E-state index contributed by atoms with van der Waals surface area (Å²) in [6, 6.07) is 3.64. The number of ether oxygens (including phenoxy) is 2. The first-order chi connectivity index (χ1) is 6.45. The highest BCUT2D eigenvalue weighted by Gasteiger charge is 2.15. The van der Waals surface area contributed by atoms with Crippen molar-refractivity contribution in [3.8, 4) is 5.88 Å². The predicted octanol–water partition coefficient (Wildman–Crippen LogP) is 1.03. The van der Waals surface area contributed by atoms with E-state index >= 15 is 0 Å². The first-order valence-corrected chi connectivity index (χ1v) is 4.47. The third-order valence-corrected chi connectivity index (χ3v) is 2.00. The summed E-state index contributed by atoms with van der Waals surface area (Å²) in [6.07, 6.45) is 3.76. The van der Waals surface area contributed by atoms with Gasteiger partial charge in [0.05, 0.1) is 13.2 Å². The van der Waals surface area contributed by atoms with Crippen LogP contribution in [-0.4, -0.2) is 29.5 Å². The monoisotopic (exact) mass is 180 g/mol. The van der Waals surface area contributed by atoms with E-state index in [9.17, 15) is 0 Å². The van der Waals surface area contributed by atoms with Crippen molar-refractivity contribution < 1.29 is 9.47 Å². The van der Waals surface area contributed by atoms with Crippen molar-refractivity contribution in [2.45, 2.75) is 18.9 Å². The summed E-state index contributed by atoms with van der Waals surface area (Å²) >= 11 is 0.